The molecule has 0 spiro atoms. The Labute approximate surface area is 182 Å². The van der Waals surface area contributed by atoms with Crippen LogP contribution in [-0.2, 0) is 22.5 Å². The second kappa shape index (κ2) is 9.18. The molecule has 0 aliphatic heterocycles. The normalized spacial score (nSPS) is 11.0. The summed E-state index contributed by atoms with van der Waals surface area (Å²) in [7, 11) is 2.98. The van der Waals surface area contributed by atoms with Gasteiger partial charge in [-0.25, -0.2) is 4.98 Å². The van der Waals surface area contributed by atoms with Crippen LogP contribution in [0.3, 0.4) is 0 Å². The summed E-state index contributed by atoms with van der Waals surface area (Å²) in [5.74, 6) is 1.75. The molecule has 0 saturated heterocycles. The fourth-order valence-corrected chi connectivity index (χ4v) is 4.39. The maximum absolute atomic E-state index is 13.5. The van der Waals surface area contributed by atoms with Crippen LogP contribution in [0.5, 0.6) is 5.75 Å². The Morgan fingerprint density at radius 2 is 2.00 bits per heavy atom. The summed E-state index contributed by atoms with van der Waals surface area (Å²) in [5.41, 5.74) is 1.61. The Hall–Kier alpha value is -3.39. The quantitative estimate of drug-likeness (QED) is 0.382. The number of esters is 1. The Morgan fingerprint density at radius 1 is 1.19 bits per heavy atom. The lowest BCUT2D eigenvalue weighted by atomic mass is 10.1. The smallest absolute Gasteiger partial charge is 0.305 e. The van der Waals surface area contributed by atoms with E-state index < -0.39 is 0 Å². The Bertz CT molecular complexity index is 1240. The van der Waals surface area contributed by atoms with E-state index in [4.69, 9.17) is 18.9 Å². The summed E-state index contributed by atoms with van der Waals surface area (Å²) in [6.07, 6.45) is 2.79. The number of aromatic nitrogens is 2. The summed E-state index contributed by atoms with van der Waals surface area (Å²) < 4.78 is 17.1. The van der Waals surface area contributed by atoms with Gasteiger partial charge in [0, 0.05) is 30.3 Å². The summed E-state index contributed by atoms with van der Waals surface area (Å²) in [6, 6.07) is 11.3. The van der Waals surface area contributed by atoms with E-state index in [2.05, 4.69) is 0 Å². The average Bonchev–Trinajstić information content (AvgIpc) is 3.46. The van der Waals surface area contributed by atoms with E-state index >= 15 is 0 Å². The molecular formula is C23H22N2O5S. The van der Waals surface area contributed by atoms with Gasteiger partial charge in [-0.15, -0.1) is 11.3 Å². The number of fused-ring (bicyclic) bond motifs is 1. The van der Waals surface area contributed by atoms with Gasteiger partial charge >= 0.3 is 5.97 Å². The third-order valence-corrected chi connectivity index (χ3v) is 5.94. The molecule has 3 aromatic heterocycles. The van der Waals surface area contributed by atoms with Gasteiger partial charge in [-0.1, -0.05) is 12.1 Å². The predicted octanol–water partition coefficient (Wildman–Crippen LogP) is 4.27. The second-order valence-electron chi connectivity index (χ2n) is 7.00. The van der Waals surface area contributed by atoms with E-state index in [-0.39, 0.29) is 17.9 Å². The van der Waals surface area contributed by atoms with Crippen LogP contribution in [0.25, 0.3) is 21.5 Å². The molecule has 160 valence electrons. The van der Waals surface area contributed by atoms with Crippen LogP contribution in [0, 0.1) is 0 Å². The molecule has 4 aromatic rings. The van der Waals surface area contributed by atoms with E-state index in [0.717, 1.165) is 16.9 Å². The number of carbonyl (C=O) groups excluding carboxylic acids is 1. The second-order valence-corrected chi connectivity index (χ2v) is 7.85. The van der Waals surface area contributed by atoms with Crippen LogP contribution < -0.4 is 10.3 Å². The van der Waals surface area contributed by atoms with Crippen molar-refractivity contribution in [2.45, 2.75) is 25.8 Å². The molecule has 4 rings (SSSR count). The number of nitrogens with zero attached hydrogens (tertiary/aromatic N) is 2. The summed E-state index contributed by atoms with van der Waals surface area (Å²) in [6.45, 7) is 0.371. The molecule has 0 aliphatic carbocycles. The van der Waals surface area contributed by atoms with Gasteiger partial charge in [0.1, 0.15) is 22.2 Å². The molecule has 0 radical (unpaired) electrons. The monoisotopic (exact) mass is 438 g/mol. The summed E-state index contributed by atoms with van der Waals surface area (Å²) in [4.78, 5) is 30.6. The number of thiophene rings is 1. The molecule has 31 heavy (non-hydrogen) atoms. The van der Waals surface area contributed by atoms with Gasteiger partial charge < -0.3 is 13.9 Å². The zero-order valence-electron chi connectivity index (χ0n) is 17.3. The molecule has 0 N–H and O–H groups in total. The highest BCUT2D eigenvalue weighted by Crippen LogP contribution is 2.31. The Kier molecular flexibility index (Phi) is 6.18. The van der Waals surface area contributed by atoms with Crippen molar-refractivity contribution in [2.24, 2.45) is 0 Å². The number of furan rings is 1. The van der Waals surface area contributed by atoms with Crippen molar-refractivity contribution in [3.8, 4) is 17.1 Å². The first-order valence-electron chi connectivity index (χ1n) is 9.85. The van der Waals surface area contributed by atoms with Crippen molar-refractivity contribution < 1.29 is 18.7 Å². The molecule has 0 bridgehead atoms. The number of rotatable bonds is 8. The number of ether oxygens (including phenoxy) is 2. The standard InChI is InChI=1S/C23H22N2O5S/c1-28-16-9-7-15(8-10-16)13-19-24-22-21(17(14-31-22)18-5-4-12-30-18)23(27)25(19)11-3-6-20(26)29-2/h4-5,7-10,12,14H,3,6,11,13H2,1-2H3. The van der Waals surface area contributed by atoms with Gasteiger partial charge in [-0.3, -0.25) is 14.2 Å². The summed E-state index contributed by atoms with van der Waals surface area (Å²) in [5, 5.41) is 2.44. The van der Waals surface area contributed by atoms with Crippen molar-refractivity contribution in [2.75, 3.05) is 14.2 Å². The minimum atomic E-state index is -0.300. The van der Waals surface area contributed by atoms with Gasteiger partial charge in [0.05, 0.1) is 25.9 Å². The summed E-state index contributed by atoms with van der Waals surface area (Å²) >= 11 is 1.42. The van der Waals surface area contributed by atoms with Crippen molar-refractivity contribution in [1.82, 2.24) is 9.55 Å². The van der Waals surface area contributed by atoms with Crippen LogP contribution in [0.2, 0.25) is 0 Å². The first kappa shape index (κ1) is 20.9. The highest BCUT2D eigenvalue weighted by molar-refractivity contribution is 7.17. The van der Waals surface area contributed by atoms with E-state index in [9.17, 15) is 9.59 Å². The molecule has 1 aromatic carbocycles. The van der Waals surface area contributed by atoms with E-state index in [1.54, 1.807) is 24.0 Å². The Balaban J connectivity index is 1.76. The molecule has 0 fully saturated rings. The third-order valence-electron chi connectivity index (χ3n) is 5.07. The van der Waals surface area contributed by atoms with Gasteiger partial charge in [0.25, 0.3) is 5.56 Å². The van der Waals surface area contributed by atoms with E-state index in [1.807, 2.05) is 35.7 Å². The zero-order chi connectivity index (χ0) is 21.8. The van der Waals surface area contributed by atoms with Crippen LogP contribution in [0.4, 0.5) is 0 Å². The van der Waals surface area contributed by atoms with E-state index in [1.165, 1.54) is 18.4 Å². The molecule has 7 nitrogen and oxygen atoms in total. The largest absolute Gasteiger partial charge is 0.497 e. The molecule has 3 heterocycles. The molecule has 0 saturated carbocycles. The molecule has 0 amide bonds. The van der Waals surface area contributed by atoms with Crippen molar-refractivity contribution in [3.63, 3.8) is 0 Å². The lowest BCUT2D eigenvalue weighted by Crippen LogP contribution is -2.26. The van der Waals surface area contributed by atoms with Crippen LogP contribution in [0.1, 0.15) is 24.2 Å². The van der Waals surface area contributed by atoms with Crippen molar-refractivity contribution in [1.29, 1.82) is 0 Å². The SMILES string of the molecule is COC(=O)CCCn1c(Cc2ccc(OC)cc2)nc2scc(-c3ccco3)c2c1=O. The maximum atomic E-state index is 13.5. The zero-order valence-corrected chi connectivity index (χ0v) is 18.1. The van der Waals surface area contributed by atoms with Crippen LogP contribution >= 0.6 is 11.3 Å². The van der Waals surface area contributed by atoms with Crippen LogP contribution in [-0.4, -0.2) is 29.7 Å². The lowest BCUT2D eigenvalue weighted by Gasteiger charge is -2.13. The first-order valence-corrected chi connectivity index (χ1v) is 10.7. The topological polar surface area (TPSA) is 83.6 Å². The number of benzene rings is 1. The van der Waals surface area contributed by atoms with Gasteiger partial charge in [-0.05, 0) is 36.2 Å². The number of carbonyl (C=O) groups is 1. The molecule has 0 aliphatic rings. The fraction of sp³-hybridized carbons (Fsp3) is 0.261. The highest BCUT2D eigenvalue weighted by Gasteiger charge is 2.19. The molecule has 0 unspecified atom stereocenters. The van der Waals surface area contributed by atoms with Gasteiger partial charge in [-0.2, -0.15) is 0 Å². The fourth-order valence-electron chi connectivity index (χ4n) is 3.45. The number of methoxy groups -OCH3 is 2. The van der Waals surface area contributed by atoms with Gasteiger partial charge in [0.15, 0.2) is 0 Å². The average molecular weight is 439 g/mol. The van der Waals surface area contributed by atoms with Crippen molar-refractivity contribution in [3.05, 3.63) is 69.8 Å². The third kappa shape index (κ3) is 4.39. The predicted molar refractivity (Wildman–Crippen MR) is 119 cm³/mol. The minimum absolute atomic E-state index is 0.133. The highest BCUT2D eigenvalue weighted by atomic mass is 32.1. The molecule has 8 heteroatoms. The lowest BCUT2D eigenvalue weighted by molar-refractivity contribution is -0.140. The Morgan fingerprint density at radius 3 is 2.68 bits per heavy atom. The number of hydrogen-bond acceptors (Lipinski definition) is 7. The van der Waals surface area contributed by atoms with Crippen LogP contribution in [0.15, 0.2) is 57.3 Å². The van der Waals surface area contributed by atoms with Crippen molar-refractivity contribution >= 4 is 27.5 Å². The maximum Gasteiger partial charge on any atom is 0.305 e. The minimum Gasteiger partial charge on any atom is -0.497 e. The first-order chi connectivity index (χ1) is 15.1. The van der Waals surface area contributed by atoms with Gasteiger partial charge in [0.2, 0.25) is 0 Å². The molecule has 0 atom stereocenters. The molecular weight excluding hydrogens is 416 g/mol. The van der Waals surface area contributed by atoms with E-state index in [0.29, 0.717) is 41.2 Å². The number of hydrogen-bond donors (Lipinski definition) is 0.